The first-order chi connectivity index (χ1) is 10.6. The van der Waals surface area contributed by atoms with Gasteiger partial charge in [0.15, 0.2) is 11.5 Å². The Bertz CT molecular complexity index is 778. The predicted molar refractivity (Wildman–Crippen MR) is 79.3 cm³/mol. The number of H-pyrrole nitrogens is 1. The largest absolute Gasteiger partial charge is 0.311 e. The molecule has 10 heteroatoms. The molecule has 2 N–H and O–H groups in total. The predicted octanol–water partition coefficient (Wildman–Crippen LogP) is -0.650. The third-order valence-corrected chi connectivity index (χ3v) is 3.75. The van der Waals surface area contributed by atoms with Crippen molar-refractivity contribution in [3.05, 3.63) is 29.3 Å². The van der Waals surface area contributed by atoms with Crippen molar-refractivity contribution in [1.82, 2.24) is 30.4 Å². The second kappa shape index (κ2) is 4.63. The second-order valence-electron chi connectivity index (χ2n) is 5.48. The van der Waals surface area contributed by atoms with Crippen LogP contribution in [0.4, 0.5) is 11.5 Å². The van der Waals surface area contributed by atoms with Crippen molar-refractivity contribution in [2.24, 2.45) is 10.9 Å². The lowest BCUT2D eigenvalue weighted by Crippen LogP contribution is -2.50. The van der Waals surface area contributed by atoms with Crippen LogP contribution in [0.5, 0.6) is 0 Å². The van der Waals surface area contributed by atoms with Gasteiger partial charge in [0.1, 0.15) is 18.7 Å². The topological polar surface area (TPSA) is 107 Å². The number of nitrogens with one attached hydrogen (secondary N) is 2. The molecule has 4 heterocycles. The van der Waals surface area contributed by atoms with E-state index < -0.39 is 0 Å². The summed E-state index contributed by atoms with van der Waals surface area (Å²) in [5.41, 5.74) is 4.21. The van der Waals surface area contributed by atoms with Gasteiger partial charge < -0.3 is 4.98 Å². The highest BCUT2D eigenvalue weighted by Crippen LogP contribution is 2.32. The smallest absolute Gasteiger partial charge is 0.278 e. The number of hydrogen-bond acceptors (Lipinski definition) is 8. The first-order valence-corrected chi connectivity index (χ1v) is 6.99. The SMILES string of the molecule is CC(C)C1=Nc2c(nc[nH]c2=O)N2NN(n3cncn3)CC12. The molecule has 10 nitrogen and oxygen atoms in total. The van der Waals surface area contributed by atoms with E-state index in [1.165, 1.54) is 12.7 Å². The van der Waals surface area contributed by atoms with Crippen LogP contribution in [0.1, 0.15) is 13.8 Å². The molecule has 1 fully saturated rings. The van der Waals surface area contributed by atoms with Crippen LogP contribution >= 0.6 is 0 Å². The summed E-state index contributed by atoms with van der Waals surface area (Å²) in [6, 6.07) is -0.0222. The maximum absolute atomic E-state index is 12.0. The fourth-order valence-corrected chi connectivity index (χ4v) is 2.73. The monoisotopic (exact) mass is 301 g/mol. The second-order valence-corrected chi connectivity index (χ2v) is 5.48. The molecule has 22 heavy (non-hydrogen) atoms. The molecule has 1 saturated heterocycles. The minimum Gasteiger partial charge on any atom is -0.311 e. The Kier molecular flexibility index (Phi) is 2.73. The van der Waals surface area contributed by atoms with Gasteiger partial charge in [-0.2, -0.15) is 0 Å². The number of fused-ring (bicyclic) bond motifs is 3. The first-order valence-electron chi connectivity index (χ1n) is 6.99. The number of rotatable bonds is 2. The fourth-order valence-electron chi connectivity index (χ4n) is 2.73. The Hall–Kier alpha value is -2.75. The molecule has 2 aliphatic heterocycles. The molecule has 2 aromatic heterocycles. The van der Waals surface area contributed by atoms with Crippen molar-refractivity contribution in [3.8, 4) is 0 Å². The molecule has 0 bridgehead atoms. The lowest BCUT2D eigenvalue weighted by atomic mass is 9.98. The first kappa shape index (κ1) is 13.0. The highest BCUT2D eigenvalue weighted by Gasteiger charge is 2.41. The summed E-state index contributed by atoms with van der Waals surface area (Å²) in [7, 11) is 0. The number of hydrogen-bond donors (Lipinski definition) is 2. The third-order valence-electron chi connectivity index (χ3n) is 3.75. The molecule has 0 amide bonds. The van der Waals surface area contributed by atoms with Gasteiger partial charge in [-0.05, 0) is 5.92 Å². The molecule has 1 atom stereocenters. The molecule has 0 radical (unpaired) electrons. The van der Waals surface area contributed by atoms with Crippen molar-refractivity contribution < 1.29 is 0 Å². The highest BCUT2D eigenvalue weighted by atomic mass is 16.1. The lowest BCUT2D eigenvalue weighted by molar-refractivity contribution is 0.507. The van der Waals surface area contributed by atoms with E-state index in [4.69, 9.17) is 0 Å². The summed E-state index contributed by atoms with van der Waals surface area (Å²) in [5.74, 6) is 0.721. The van der Waals surface area contributed by atoms with Crippen molar-refractivity contribution >= 4 is 17.2 Å². The summed E-state index contributed by atoms with van der Waals surface area (Å²) in [6.07, 6.45) is 4.45. The molecule has 0 aliphatic carbocycles. The minimum absolute atomic E-state index is 0.0222. The summed E-state index contributed by atoms with van der Waals surface area (Å²) in [4.78, 5) is 29.0. The van der Waals surface area contributed by atoms with Crippen LogP contribution in [0.3, 0.4) is 0 Å². The maximum Gasteiger partial charge on any atom is 0.278 e. The van der Waals surface area contributed by atoms with Gasteiger partial charge in [0, 0.05) is 5.71 Å². The van der Waals surface area contributed by atoms with E-state index >= 15 is 0 Å². The van der Waals surface area contributed by atoms with E-state index in [0.717, 1.165) is 5.71 Å². The Morgan fingerprint density at radius 3 is 3.00 bits per heavy atom. The van der Waals surface area contributed by atoms with E-state index in [1.807, 2.05) is 5.01 Å². The van der Waals surface area contributed by atoms with Crippen LogP contribution in [-0.2, 0) is 0 Å². The molecule has 1 unspecified atom stereocenters. The minimum atomic E-state index is -0.248. The van der Waals surface area contributed by atoms with Gasteiger partial charge in [-0.15, -0.1) is 15.4 Å². The van der Waals surface area contributed by atoms with Gasteiger partial charge in [0.05, 0.1) is 12.9 Å². The van der Waals surface area contributed by atoms with Crippen LogP contribution in [-0.4, -0.2) is 43.1 Å². The molecule has 4 rings (SSSR count). The zero-order chi connectivity index (χ0) is 15.3. The average molecular weight is 301 g/mol. The van der Waals surface area contributed by atoms with Crippen molar-refractivity contribution in [2.45, 2.75) is 19.9 Å². The molecular weight excluding hydrogens is 286 g/mol. The summed E-state index contributed by atoms with van der Waals surface area (Å²) in [6.45, 7) is 4.74. The normalized spacial score (nSPS) is 20.1. The Labute approximate surface area is 125 Å². The third kappa shape index (κ3) is 1.80. The number of anilines is 1. The molecule has 0 spiro atoms. The number of aromatic amines is 1. The van der Waals surface area contributed by atoms with Gasteiger partial charge in [0.25, 0.3) is 5.56 Å². The molecule has 0 aromatic carbocycles. The highest BCUT2D eigenvalue weighted by molar-refractivity contribution is 5.99. The fraction of sp³-hybridized carbons (Fsp3) is 0.417. The summed E-state index contributed by atoms with van der Waals surface area (Å²) >= 11 is 0. The van der Waals surface area contributed by atoms with E-state index in [1.54, 1.807) is 16.2 Å². The number of aromatic nitrogens is 5. The number of aliphatic imine (C=N–C) groups is 1. The quantitative estimate of drug-likeness (QED) is 0.759. The number of hydrazine groups is 2. The Morgan fingerprint density at radius 1 is 1.41 bits per heavy atom. The summed E-state index contributed by atoms with van der Waals surface area (Å²) < 4.78 is 0. The van der Waals surface area contributed by atoms with Crippen LogP contribution in [0.15, 0.2) is 28.8 Å². The Balaban J connectivity index is 1.81. The zero-order valence-corrected chi connectivity index (χ0v) is 12.1. The molecule has 2 aromatic rings. The zero-order valence-electron chi connectivity index (χ0n) is 12.1. The van der Waals surface area contributed by atoms with Gasteiger partial charge in [-0.1, -0.05) is 13.8 Å². The van der Waals surface area contributed by atoms with Gasteiger partial charge in [-0.25, -0.2) is 20.1 Å². The van der Waals surface area contributed by atoms with Crippen LogP contribution in [0.25, 0.3) is 0 Å². The van der Waals surface area contributed by atoms with Gasteiger partial charge in [0.2, 0.25) is 0 Å². The Morgan fingerprint density at radius 2 is 2.27 bits per heavy atom. The molecule has 0 saturated carbocycles. The summed E-state index contributed by atoms with van der Waals surface area (Å²) in [5, 5.41) is 7.77. The number of nitrogens with zero attached hydrogens (tertiary/aromatic N) is 7. The van der Waals surface area contributed by atoms with Crippen LogP contribution < -0.4 is 21.2 Å². The van der Waals surface area contributed by atoms with Crippen molar-refractivity contribution in [3.63, 3.8) is 0 Å². The average Bonchev–Trinajstić information content (AvgIpc) is 3.15. The molecule has 2 aliphatic rings. The van der Waals surface area contributed by atoms with Gasteiger partial charge >= 0.3 is 0 Å². The standard InChI is InChI=1S/C12H15N9O/c1-7(2)9-8-3-19(20-6-13-4-16-20)18-21(8)11-10(17-9)12(22)15-5-14-11/h4-8,18H,3H2,1-2H3,(H,14,15,22). The molecule has 114 valence electrons. The van der Waals surface area contributed by atoms with Gasteiger partial charge in [-0.3, -0.25) is 9.80 Å². The van der Waals surface area contributed by atoms with E-state index in [9.17, 15) is 4.79 Å². The van der Waals surface area contributed by atoms with Crippen LogP contribution in [0.2, 0.25) is 0 Å². The van der Waals surface area contributed by atoms with Crippen molar-refractivity contribution in [2.75, 3.05) is 16.7 Å². The molecular formula is C12H15N9O. The van der Waals surface area contributed by atoms with E-state index in [2.05, 4.69) is 44.4 Å². The van der Waals surface area contributed by atoms with E-state index in [0.29, 0.717) is 18.1 Å². The van der Waals surface area contributed by atoms with Crippen molar-refractivity contribution in [1.29, 1.82) is 0 Å². The van der Waals surface area contributed by atoms with E-state index in [-0.39, 0.29) is 17.5 Å². The maximum atomic E-state index is 12.0. The lowest BCUT2D eigenvalue weighted by Gasteiger charge is -2.30. The van der Waals surface area contributed by atoms with Crippen LogP contribution in [0, 0.1) is 5.92 Å².